The van der Waals surface area contributed by atoms with Crippen molar-refractivity contribution in [3.63, 3.8) is 0 Å². The Morgan fingerprint density at radius 2 is 1.85 bits per heavy atom. The van der Waals surface area contributed by atoms with Gasteiger partial charge >= 0.3 is 0 Å². The molecule has 1 fully saturated rings. The fourth-order valence-corrected chi connectivity index (χ4v) is 5.38. The Morgan fingerprint density at radius 3 is 2.52 bits per heavy atom. The summed E-state index contributed by atoms with van der Waals surface area (Å²) in [6, 6.07) is 6.81. The van der Waals surface area contributed by atoms with Crippen molar-refractivity contribution in [3.8, 4) is 5.75 Å². The molecular formula is C18H25N5O3S. The molecular weight excluding hydrogens is 366 g/mol. The van der Waals surface area contributed by atoms with Crippen LogP contribution in [0.25, 0.3) is 0 Å². The largest absolute Gasteiger partial charge is 0.497 e. The van der Waals surface area contributed by atoms with Crippen molar-refractivity contribution in [1.29, 1.82) is 0 Å². The van der Waals surface area contributed by atoms with E-state index in [1.54, 1.807) is 35.7 Å². The van der Waals surface area contributed by atoms with Crippen LogP contribution in [0.3, 0.4) is 0 Å². The average Bonchev–Trinajstić information content (AvgIpc) is 3.20. The topological polar surface area (TPSA) is 80.6 Å². The quantitative estimate of drug-likeness (QED) is 0.782. The van der Waals surface area contributed by atoms with Gasteiger partial charge in [0.2, 0.25) is 10.0 Å². The second-order valence-corrected chi connectivity index (χ2v) is 9.03. The first-order valence-corrected chi connectivity index (χ1v) is 10.7. The molecule has 1 atom stereocenters. The van der Waals surface area contributed by atoms with Crippen LogP contribution >= 0.6 is 0 Å². The number of fused-ring (bicyclic) bond motifs is 1. The molecule has 0 amide bonds. The lowest BCUT2D eigenvalue weighted by Crippen LogP contribution is -2.34. The number of hydrogen-bond acceptors (Lipinski definition) is 6. The number of aromatic nitrogens is 3. The number of sulfonamides is 1. The number of hydrogen-bond donors (Lipinski definition) is 0. The summed E-state index contributed by atoms with van der Waals surface area (Å²) >= 11 is 0. The minimum absolute atomic E-state index is 0.274. The van der Waals surface area contributed by atoms with E-state index < -0.39 is 10.0 Å². The summed E-state index contributed by atoms with van der Waals surface area (Å²) in [6.07, 6.45) is 2.79. The van der Waals surface area contributed by atoms with Crippen LogP contribution in [0.1, 0.15) is 30.5 Å². The zero-order valence-corrected chi connectivity index (χ0v) is 16.5. The second-order valence-electron chi connectivity index (χ2n) is 7.09. The summed E-state index contributed by atoms with van der Waals surface area (Å²) in [6.45, 7) is 2.47. The van der Waals surface area contributed by atoms with Gasteiger partial charge in [-0.15, -0.1) is 10.2 Å². The number of likely N-dealkylation sites (tertiary alicyclic amines) is 1. The summed E-state index contributed by atoms with van der Waals surface area (Å²) in [7, 11) is 0.127. The molecule has 0 radical (unpaired) electrons. The van der Waals surface area contributed by atoms with E-state index in [1.165, 1.54) is 0 Å². The Hall–Kier alpha value is -1.97. The Bertz CT molecular complexity index is 910. The molecule has 1 unspecified atom stereocenters. The maximum Gasteiger partial charge on any atom is 0.243 e. The fourth-order valence-electron chi connectivity index (χ4n) is 3.95. The van der Waals surface area contributed by atoms with Crippen molar-refractivity contribution in [2.45, 2.75) is 36.7 Å². The zero-order chi connectivity index (χ0) is 19.0. The second kappa shape index (κ2) is 7.21. The highest BCUT2D eigenvalue weighted by molar-refractivity contribution is 7.89. The average molecular weight is 391 g/mol. The standard InChI is InChI=1S/C18H25N5O3S/c1-21-10-3-4-16(21)18-20-19-17-9-11-22(12-13-23(17)18)27(24,25)15-7-5-14(26-2)6-8-15/h5-8,16H,3-4,9-13H2,1-2H3. The Kier molecular flexibility index (Phi) is 4.92. The highest BCUT2D eigenvalue weighted by Crippen LogP contribution is 2.30. The third-order valence-corrected chi connectivity index (χ3v) is 7.44. The summed E-state index contributed by atoms with van der Waals surface area (Å²) < 4.78 is 34.9. The van der Waals surface area contributed by atoms with Gasteiger partial charge in [-0.05, 0) is 50.7 Å². The Morgan fingerprint density at radius 1 is 1.07 bits per heavy atom. The predicted octanol–water partition coefficient (Wildman–Crippen LogP) is 1.30. The molecule has 27 heavy (non-hydrogen) atoms. The van der Waals surface area contributed by atoms with Gasteiger partial charge in [0.25, 0.3) is 0 Å². The molecule has 4 rings (SSSR count). The smallest absolute Gasteiger partial charge is 0.243 e. The van der Waals surface area contributed by atoms with Gasteiger partial charge in [0.1, 0.15) is 17.4 Å². The van der Waals surface area contributed by atoms with Crippen molar-refractivity contribution in [2.75, 3.05) is 33.8 Å². The van der Waals surface area contributed by atoms with Crippen LogP contribution < -0.4 is 4.74 Å². The van der Waals surface area contributed by atoms with E-state index in [9.17, 15) is 8.42 Å². The molecule has 0 saturated carbocycles. The lowest BCUT2D eigenvalue weighted by Gasteiger charge is -2.21. The molecule has 2 aliphatic heterocycles. The third-order valence-electron chi connectivity index (χ3n) is 5.53. The Labute approximate surface area is 159 Å². The third kappa shape index (κ3) is 3.35. The van der Waals surface area contributed by atoms with Crippen molar-refractivity contribution in [3.05, 3.63) is 35.9 Å². The van der Waals surface area contributed by atoms with Crippen LogP contribution in [-0.4, -0.2) is 66.2 Å². The highest BCUT2D eigenvalue weighted by atomic mass is 32.2. The molecule has 0 aliphatic carbocycles. The molecule has 2 aliphatic rings. The van der Waals surface area contributed by atoms with E-state index in [4.69, 9.17) is 4.74 Å². The summed E-state index contributed by atoms with van der Waals surface area (Å²) in [5, 5.41) is 8.78. The van der Waals surface area contributed by atoms with Crippen LogP contribution in [0.4, 0.5) is 0 Å². The van der Waals surface area contributed by atoms with E-state index in [2.05, 4.69) is 26.7 Å². The first kappa shape index (κ1) is 18.4. The fraction of sp³-hybridized carbons (Fsp3) is 0.556. The normalized spacial score (nSPS) is 21.8. The first-order valence-electron chi connectivity index (χ1n) is 9.27. The van der Waals surface area contributed by atoms with Gasteiger partial charge in [-0.3, -0.25) is 4.90 Å². The van der Waals surface area contributed by atoms with E-state index in [0.29, 0.717) is 31.8 Å². The lowest BCUT2D eigenvalue weighted by atomic mass is 10.2. The number of methoxy groups -OCH3 is 1. The SMILES string of the molecule is COc1ccc(S(=O)(=O)N2CCc3nnc(C4CCCN4C)n3CC2)cc1. The Balaban J connectivity index is 1.55. The molecule has 0 bridgehead atoms. The number of nitrogens with zero attached hydrogens (tertiary/aromatic N) is 5. The van der Waals surface area contributed by atoms with Gasteiger partial charge in [0.15, 0.2) is 0 Å². The van der Waals surface area contributed by atoms with Crippen molar-refractivity contribution in [2.24, 2.45) is 0 Å². The van der Waals surface area contributed by atoms with Crippen LogP contribution in [-0.2, 0) is 23.0 Å². The van der Waals surface area contributed by atoms with Crippen LogP contribution in [0.15, 0.2) is 29.2 Å². The van der Waals surface area contributed by atoms with Gasteiger partial charge in [0, 0.05) is 26.1 Å². The summed E-state index contributed by atoms with van der Waals surface area (Å²) in [5.41, 5.74) is 0. The minimum Gasteiger partial charge on any atom is -0.497 e. The monoisotopic (exact) mass is 391 g/mol. The van der Waals surface area contributed by atoms with E-state index in [1.807, 2.05) is 0 Å². The number of rotatable bonds is 4. The van der Waals surface area contributed by atoms with Gasteiger partial charge in [-0.1, -0.05) is 0 Å². The van der Waals surface area contributed by atoms with E-state index in [0.717, 1.165) is 31.0 Å². The first-order chi connectivity index (χ1) is 13.0. The minimum atomic E-state index is -3.54. The molecule has 1 aromatic heterocycles. The van der Waals surface area contributed by atoms with E-state index in [-0.39, 0.29) is 10.9 Å². The van der Waals surface area contributed by atoms with Gasteiger partial charge < -0.3 is 9.30 Å². The van der Waals surface area contributed by atoms with Crippen LogP contribution in [0.5, 0.6) is 5.75 Å². The molecule has 1 aromatic carbocycles. The summed E-state index contributed by atoms with van der Waals surface area (Å²) in [5.74, 6) is 2.48. The molecule has 146 valence electrons. The van der Waals surface area contributed by atoms with Crippen molar-refractivity contribution >= 4 is 10.0 Å². The van der Waals surface area contributed by atoms with Gasteiger partial charge in [-0.2, -0.15) is 4.31 Å². The molecule has 1 saturated heterocycles. The predicted molar refractivity (Wildman–Crippen MR) is 100 cm³/mol. The lowest BCUT2D eigenvalue weighted by molar-refractivity contribution is 0.295. The molecule has 9 heteroatoms. The molecule has 0 N–H and O–H groups in total. The van der Waals surface area contributed by atoms with E-state index >= 15 is 0 Å². The van der Waals surface area contributed by atoms with Crippen molar-refractivity contribution in [1.82, 2.24) is 24.0 Å². The molecule has 3 heterocycles. The highest BCUT2D eigenvalue weighted by Gasteiger charge is 2.32. The van der Waals surface area contributed by atoms with Crippen LogP contribution in [0, 0.1) is 0 Å². The molecule has 2 aromatic rings. The maximum atomic E-state index is 13.0. The molecule has 0 spiro atoms. The van der Waals surface area contributed by atoms with Gasteiger partial charge in [-0.25, -0.2) is 8.42 Å². The van der Waals surface area contributed by atoms with Gasteiger partial charge in [0.05, 0.1) is 18.0 Å². The number of ether oxygens (including phenoxy) is 1. The van der Waals surface area contributed by atoms with Crippen LogP contribution in [0.2, 0.25) is 0 Å². The molecule has 8 nitrogen and oxygen atoms in total. The zero-order valence-electron chi connectivity index (χ0n) is 15.7. The number of benzene rings is 1. The summed E-state index contributed by atoms with van der Waals surface area (Å²) in [4.78, 5) is 2.59. The van der Waals surface area contributed by atoms with Crippen molar-refractivity contribution < 1.29 is 13.2 Å². The maximum absolute atomic E-state index is 13.0.